The summed E-state index contributed by atoms with van der Waals surface area (Å²) in [4.78, 5) is 45.3. The maximum atomic E-state index is 13.0. The molecule has 0 aliphatic heterocycles. The number of fused-ring (bicyclic) bond motifs is 1. The monoisotopic (exact) mass is 497 g/mol. The van der Waals surface area contributed by atoms with E-state index in [2.05, 4.69) is 15.1 Å². The molecule has 0 bridgehead atoms. The molecule has 3 heterocycles. The van der Waals surface area contributed by atoms with Crippen LogP contribution in [0.25, 0.3) is 11.2 Å². The Morgan fingerprint density at radius 3 is 2.71 bits per heavy atom. The van der Waals surface area contributed by atoms with E-state index < -0.39 is 17.2 Å². The number of benzene rings is 1. The second-order valence-corrected chi connectivity index (χ2v) is 9.20. The summed E-state index contributed by atoms with van der Waals surface area (Å²) in [5.74, 6) is 1.23. The first-order chi connectivity index (χ1) is 16.8. The van der Waals surface area contributed by atoms with Crippen molar-refractivity contribution in [3.8, 4) is 0 Å². The summed E-state index contributed by atoms with van der Waals surface area (Å²) in [7, 11) is 1.66. The van der Waals surface area contributed by atoms with Crippen LogP contribution in [0.5, 0.6) is 0 Å². The van der Waals surface area contributed by atoms with Crippen LogP contribution in [0.1, 0.15) is 53.0 Å². The highest BCUT2D eigenvalue weighted by Crippen LogP contribution is 2.29. The first kappa shape index (κ1) is 24.5. The predicted molar refractivity (Wildman–Crippen MR) is 132 cm³/mol. The van der Waals surface area contributed by atoms with Crippen molar-refractivity contribution < 1.29 is 14.1 Å². The van der Waals surface area contributed by atoms with Crippen LogP contribution in [0.15, 0.2) is 43.3 Å². The summed E-state index contributed by atoms with van der Waals surface area (Å²) in [6, 6.07) is 7.21. The lowest BCUT2D eigenvalue weighted by Gasteiger charge is -2.09. The lowest BCUT2D eigenvalue weighted by Crippen LogP contribution is -2.31. The number of hydrogen-bond donors (Lipinski definition) is 1. The van der Waals surface area contributed by atoms with E-state index in [-0.39, 0.29) is 17.8 Å². The highest BCUT2D eigenvalue weighted by molar-refractivity contribution is 7.98. The quantitative estimate of drug-likeness (QED) is 0.275. The van der Waals surface area contributed by atoms with E-state index in [1.807, 2.05) is 32.9 Å². The molecule has 0 amide bonds. The number of nitrogens with zero attached hydrogens (tertiary/aromatic N) is 4. The number of hydrogen-bond acceptors (Lipinski definition) is 8. The molecule has 0 radical (unpaired) electrons. The number of rotatable bonds is 9. The van der Waals surface area contributed by atoms with Gasteiger partial charge in [0.1, 0.15) is 18.2 Å². The molecular formula is C24H27N5O5S. The molecule has 35 heavy (non-hydrogen) atoms. The minimum atomic E-state index is -0.522. The number of aromatic nitrogens is 5. The van der Waals surface area contributed by atoms with Crippen LogP contribution in [-0.4, -0.2) is 30.2 Å². The van der Waals surface area contributed by atoms with Crippen molar-refractivity contribution in [2.75, 3.05) is 0 Å². The van der Waals surface area contributed by atoms with Gasteiger partial charge < -0.3 is 13.8 Å². The minimum absolute atomic E-state index is 0.145. The summed E-state index contributed by atoms with van der Waals surface area (Å²) >= 11 is 1.50. The Labute approximate surface area is 205 Å². The smallest absolute Gasteiger partial charge is 0.339 e. The standard InChI is InChI=1S/C24H27N5O5S/c1-5-6-11-29-21-20(22(30)26-24(29)32)28(4)19(25-21)12-33-23(31)16-9-7-8-10-18(16)35-13-17-14(2)27-34-15(17)3/h7-10H,5-6,11-13H2,1-4H3,(H,26,30,32). The number of ether oxygens (including phenoxy) is 1. The van der Waals surface area contributed by atoms with E-state index in [0.717, 1.165) is 34.8 Å². The van der Waals surface area contributed by atoms with Crippen LogP contribution in [0.2, 0.25) is 0 Å². The lowest BCUT2D eigenvalue weighted by molar-refractivity contribution is 0.0455. The lowest BCUT2D eigenvalue weighted by atomic mass is 10.2. The number of aromatic amines is 1. The SMILES string of the molecule is CCCCn1c(=O)[nH]c(=O)c2c1nc(COC(=O)c1ccccc1SCc1c(C)noc1C)n2C. The molecule has 0 atom stereocenters. The van der Waals surface area contributed by atoms with Crippen molar-refractivity contribution in [1.82, 2.24) is 24.3 Å². The molecule has 0 saturated heterocycles. The van der Waals surface area contributed by atoms with Crippen LogP contribution >= 0.6 is 11.8 Å². The van der Waals surface area contributed by atoms with E-state index in [1.165, 1.54) is 16.3 Å². The Kier molecular flexibility index (Phi) is 7.25. The van der Waals surface area contributed by atoms with E-state index in [1.54, 1.807) is 23.7 Å². The maximum absolute atomic E-state index is 13.0. The Morgan fingerprint density at radius 2 is 2.00 bits per heavy atom. The number of carbonyl (C=O) groups excluding carboxylic acids is 1. The first-order valence-electron chi connectivity index (χ1n) is 11.3. The molecule has 4 aromatic rings. The zero-order valence-electron chi connectivity index (χ0n) is 20.1. The van der Waals surface area contributed by atoms with Crippen LogP contribution < -0.4 is 11.2 Å². The third-order valence-electron chi connectivity index (χ3n) is 5.83. The van der Waals surface area contributed by atoms with Gasteiger partial charge in [-0.25, -0.2) is 14.6 Å². The van der Waals surface area contributed by atoms with Crippen LogP contribution in [0.3, 0.4) is 0 Å². The van der Waals surface area contributed by atoms with Gasteiger partial charge in [-0.3, -0.25) is 14.3 Å². The van der Waals surface area contributed by atoms with Gasteiger partial charge in [-0.2, -0.15) is 0 Å². The molecule has 184 valence electrons. The van der Waals surface area contributed by atoms with Gasteiger partial charge in [0.15, 0.2) is 11.2 Å². The zero-order valence-corrected chi connectivity index (χ0v) is 20.9. The molecule has 0 spiro atoms. The zero-order chi connectivity index (χ0) is 25.1. The number of unbranched alkanes of at least 4 members (excludes halogenated alkanes) is 1. The maximum Gasteiger partial charge on any atom is 0.339 e. The molecule has 0 aliphatic rings. The van der Waals surface area contributed by atoms with Crippen LogP contribution in [-0.2, 0) is 30.7 Å². The number of carbonyl (C=O) groups is 1. The van der Waals surface area contributed by atoms with Gasteiger partial charge >= 0.3 is 11.7 Å². The fourth-order valence-electron chi connectivity index (χ4n) is 3.77. The minimum Gasteiger partial charge on any atom is -0.454 e. The number of esters is 1. The molecule has 4 rings (SSSR count). The van der Waals surface area contributed by atoms with Crippen molar-refractivity contribution in [3.05, 3.63) is 73.5 Å². The molecule has 11 heteroatoms. The largest absolute Gasteiger partial charge is 0.454 e. The Balaban J connectivity index is 1.55. The van der Waals surface area contributed by atoms with Crippen LogP contribution in [0.4, 0.5) is 0 Å². The molecule has 0 saturated carbocycles. The molecule has 1 aromatic carbocycles. The Hall–Kier alpha value is -3.60. The van der Waals surface area contributed by atoms with Crippen molar-refractivity contribution in [2.45, 2.75) is 57.4 Å². The average molecular weight is 498 g/mol. The van der Waals surface area contributed by atoms with Gasteiger partial charge in [0.2, 0.25) is 0 Å². The summed E-state index contributed by atoms with van der Waals surface area (Å²) in [5.41, 5.74) is 1.79. The Morgan fingerprint density at radius 1 is 1.23 bits per heavy atom. The molecule has 0 fully saturated rings. The summed E-state index contributed by atoms with van der Waals surface area (Å²) in [6.07, 6.45) is 1.66. The van der Waals surface area contributed by atoms with Gasteiger partial charge in [-0.05, 0) is 32.4 Å². The van der Waals surface area contributed by atoms with Crippen molar-refractivity contribution in [3.63, 3.8) is 0 Å². The molecule has 3 aromatic heterocycles. The van der Waals surface area contributed by atoms with E-state index in [4.69, 9.17) is 9.26 Å². The highest BCUT2D eigenvalue weighted by atomic mass is 32.2. The van der Waals surface area contributed by atoms with Crippen LogP contribution in [0, 0.1) is 13.8 Å². The van der Waals surface area contributed by atoms with Gasteiger partial charge in [0, 0.05) is 29.8 Å². The first-order valence-corrected chi connectivity index (χ1v) is 12.3. The van der Waals surface area contributed by atoms with E-state index in [9.17, 15) is 14.4 Å². The molecular weight excluding hydrogens is 470 g/mol. The number of imidazole rings is 1. The highest BCUT2D eigenvalue weighted by Gasteiger charge is 2.19. The summed E-state index contributed by atoms with van der Waals surface area (Å²) in [6.45, 7) is 6.06. The third-order valence-corrected chi connectivity index (χ3v) is 6.93. The fourth-order valence-corrected chi connectivity index (χ4v) is 4.96. The molecule has 10 nitrogen and oxygen atoms in total. The normalized spacial score (nSPS) is 11.3. The number of thioether (sulfide) groups is 1. The van der Waals surface area contributed by atoms with Gasteiger partial charge in [0.25, 0.3) is 5.56 Å². The number of H-pyrrole nitrogens is 1. The van der Waals surface area contributed by atoms with Gasteiger partial charge in [-0.1, -0.05) is 30.6 Å². The molecule has 0 unspecified atom stereocenters. The summed E-state index contributed by atoms with van der Waals surface area (Å²) in [5, 5.41) is 3.97. The fraction of sp³-hybridized carbons (Fsp3) is 0.375. The molecule has 1 N–H and O–H groups in total. The van der Waals surface area contributed by atoms with E-state index in [0.29, 0.717) is 23.7 Å². The second-order valence-electron chi connectivity index (χ2n) is 8.19. The number of nitrogens with one attached hydrogen (secondary N) is 1. The third kappa shape index (κ3) is 4.95. The van der Waals surface area contributed by atoms with Crippen molar-refractivity contribution in [1.29, 1.82) is 0 Å². The van der Waals surface area contributed by atoms with Crippen molar-refractivity contribution in [2.24, 2.45) is 7.05 Å². The van der Waals surface area contributed by atoms with Gasteiger partial charge in [-0.15, -0.1) is 11.8 Å². The average Bonchev–Trinajstić information content (AvgIpc) is 3.34. The Bertz CT molecular complexity index is 1480. The summed E-state index contributed by atoms with van der Waals surface area (Å²) < 4.78 is 13.8. The number of aryl methyl sites for hydroxylation is 4. The predicted octanol–water partition coefficient (Wildman–Crippen LogP) is 3.48. The van der Waals surface area contributed by atoms with Gasteiger partial charge in [0.05, 0.1) is 11.3 Å². The topological polar surface area (TPSA) is 125 Å². The van der Waals surface area contributed by atoms with Crippen molar-refractivity contribution >= 4 is 28.9 Å². The molecule has 0 aliphatic carbocycles. The van der Waals surface area contributed by atoms with E-state index >= 15 is 0 Å². The second kappa shape index (κ2) is 10.3.